The smallest absolute Gasteiger partial charge is 0.316 e. The lowest BCUT2D eigenvalue weighted by molar-refractivity contribution is -0.156. The molecule has 0 bridgehead atoms. The number of anilines is 2. The van der Waals surface area contributed by atoms with Crippen LogP contribution in [0.1, 0.15) is 37.4 Å². The Hall–Kier alpha value is -3.06. The Balaban J connectivity index is 1.49. The predicted molar refractivity (Wildman–Crippen MR) is 113 cm³/mol. The Labute approximate surface area is 178 Å². The summed E-state index contributed by atoms with van der Waals surface area (Å²) in [5, 5.41) is 2.05. The summed E-state index contributed by atoms with van der Waals surface area (Å²) in [6.45, 7) is 1.36. The molecule has 1 amide bonds. The molecule has 0 spiro atoms. The molecule has 0 saturated heterocycles. The van der Waals surface area contributed by atoms with Gasteiger partial charge < -0.3 is 4.74 Å². The average Bonchev–Trinajstić information content (AvgIpc) is 3.16. The molecule has 0 aliphatic heterocycles. The lowest BCUT2D eigenvalue weighted by Gasteiger charge is -2.39. The van der Waals surface area contributed by atoms with Gasteiger partial charge in [-0.1, -0.05) is 48.9 Å². The highest BCUT2D eigenvalue weighted by Gasteiger charge is 2.47. The third-order valence-electron chi connectivity index (χ3n) is 5.41. The molecule has 1 fully saturated rings. The van der Waals surface area contributed by atoms with Crippen LogP contribution in [0.2, 0.25) is 0 Å². The van der Waals surface area contributed by atoms with E-state index in [1.54, 1.807) is 17.5 Å². The zero-order valence-electron chi connectivity index (χ0n) is 16.5. The first-order valence-corrected chi connectivity index (χ1v) is 10.6. The van der Waals surface area contributed by atoms with Crippen LogP contribution in [0.25, 0.3) is 0 Å². The second-order valence-electron chi connectivity index (χ2n) is 7.31. The van der Waals surface area contributed by atoms with Crippen molar-refractivity contribution in [1.29, 1.82) is 0 Å². The van der Waals surface area contributed by atoms with Crippen molar-refractivity contribution in [1.82, 2.24) is 4.98 Å². The van der Waals surface area contributed by atoms with Crippen LogP contribution >= 0.6 is 11.3 Å². The normalized spacial score (nSPS) is 14.6. The summed E-state index contributed by atoms with van der Waals surface area (Å²) in [6, 6.07) is 15.7. The molecular weight excluding hydrogens is 403 g/mol. The van der Waals surface area contributed by atoms with Crippen LogP contribution in [0.4, 0.5) is 15.2 Å². The molecule has 1 aliphatic carbocycles. The monoisotopic (exact) mass is 424 g/mol. The molecule has 1 saturated carbocycles. The molecule has 0 unspecified atom stereocenters. The zero-order chi connectivity index (χ0) is 21.1. The molecule has 4 rings (SSSR count). The van der Waals surface area contributed by atoms with Gasteiger partial charge in [0.1, 0.15) is 12.4 Å². The van der Waals surface area contributed by atoms with Crippen molar-refractivity contribution in [3.63, 3.8) is 0 Å². The predicted octanol–water partition coefficient (Wildman–Crippen LogP) is 5.13. The second kappa shape index (κ2) is 8.36. The van der Waals surface area contributed by atoms with Gasteiger partial charge in [-0.15, -0.1) is 11.3 Å². The van der Waals surface area contributed by atoms with Crippen molar-refractivity contribution in [2.75, 3.05) is 4.90 Å². The first-order valence-electron chi connectivity index (χ1n) is 9.74. The number of ether oxygens (including phenoxy) is 1. The van der Waals surface area contributed by atoms with Gasteiger partial charge in [-0.05, 0) is 30.5 Å². The third kappa shape index (κ3) is 3.73. The number of carbonyl (C=O) groups excluding carboxylic acids is 2. The van der Waals surface area contributed by atoms with Crippen molar-refractivity contribution in [3.8, 4) is 0 Å². The van der Waals surface area contributed by atoms with E-state index < -0.39 is 11.2 Å². The van der Waals surface area contributed by atoms with Gasteiger partial charge in [0.25, 0.3) is 0 Å². The van der Waals surface area contributed by atoms with Gasteiger partial charge in [-0.25, -0.2) is 9.37 Å². The van der Waals surface area contributed by atoms with Gasteiger partial charge in [0.15, 0.2) is 5.13 Å². The summed E-state index contributed by atoms with van der Waals surface area (Å²) >= 11 is 1.20. The highest BCUT2D eigenvalue weighted by Crippen LogP contribution is 2.45. The van der Waals surface area contributed by atoms with Crippen molar-refractivity contribution >= 4 is 34.0 Å². The molecule has 5 nitrogen and oxygen atoms in total. The van der Waals surface area contributed by atoms with Crippen LogP contribution < -0.4 is 4.90 Å². The van der Waals surface area contributed by atoms with Gasteiger partial charge in [-0.3, -0.25) is 14.5 Å². The first-order chi connectivity index (χ1) is 14.5. The van der Waals surface area contributed by atoms with Crippen molar-refractivity contribution in [2.24, 2.45) is 0 Å². The molecule has 0 radical (unpaired) electrons. The average molecular weight is 424 g/mol. The molecular formula is C23H21FN2O3S. The van der Waals surface area contributed by atoms with Gasteiger partial charge in [0, 0.05) is 12.3 Å². The number of carbonyl (C=O) groups is 2. The summed E-state index contributed by atoms with van der Waals surface area (Å²) in [5.41, 5.74) is 1.05. The van der Waals surface area contributed by atoms with E-state index >= 15 is 0 Å². The van der Waals surface area contributed by atoms with Gasteiger partial charge in [-0.2, -0.15) is 0 Å². The van der Waals surface area contributed by atoms with E-state index in [4.69, 9.17) is 4.74 Å². The van der Waals surface area contributed by atoms with E-state index in [0.29, 0.717) is 10.8 Å². The minimum Gasteiger partial charge on any atom is -0.458 e. The fraction of sp³-hybridized carbons (Fsp3) is 0.261. The number of halogens is 1. The van der Waals surface area contributed by atoms with Crippen LogP contribution in [-0.2, 0) is 26.3 Å². The fourth-order valence-electron chi connectivity index (χ4n) is 3.68. The van der Waals surface area contributed by atoms with Crippen LogP contribution in [0, 0.1) is 5.82 Å². The number of para-hydroxylation sites is 1. The summed E-state index contributed by atoms with van der Waals surface area (Å²) in [5.74, 6) is -1.12. The molecule has 0 N–H and O–H groups in total. The molecule has 7 heteroatoms. The summed E-state index contributed by atoms with van der Waals surface area (Å²) in [7, 11) is 0. The lowest BCUT2D eigenvalue weighted by Crippen LogP contribution is -2.43. The van der Waals surface area contributed by atoms with Gasteiger partial charge in [0.05, 0.1) is 16.8 Å². The van der Waals surface area contributed by atoms with Gasteiger partial charge >= 0.3 is 5.97 Å². The van der Waals surface area contributed by atoms with Crippen molar-refractivity contribution < 1.29 is 18.7 Å². The number of esters is 1. The number of amides is 1. The molecule has 1 heterocycles. The Kier molecular flexibility index (Phi) is 5.63. The van der Waals surface area contributed by atoms with Crippen LogP contribution in [0.3, 0.4) is 0 Å². The molecule has 3 aromatic rings. The van der Waals surface area contributed by atoms with Gasteiger partial charge in [0.2, 0.25) is 5.91 Å². The summed E-state index contributed by atoms with van der Waals surface area (Å²) in [6.07, 6.45) is 2.52. The number of benzene rings is 2. The van der Waals surface area contributed by atoms with Crippen LogP contribution in [0.15, 0.2) is 60.0 Å². The fourth-order valence-corrected chi connectivity index (χ4v) is 4.55. The van der Waals surface area contributed by atoms with Crippen LogP contribution in [-0.4, -0.2) is 16.9 Å². The number of hydrogen-bond donors (Lipinski definition) is 0. The molecule has 1 aliphatic rings. The van der Waals surface area contributed by atoms with E-state index in [1.807, 2.05) is 30.3 Å². The van der Waals surface area contributed by atoms with E-state index in [0.717, 1.165) is 24.8 Å². The Morgan fingerprint density at radius 3 is 2.47 bits per heavy atom. The maximum absolute atomic E-state index is 14.2. The van der Waals surface area contributed by atoms with E-state index in [2.05, 4.69) is 4.98 Å². The second-order valence-corrected chi connectivity index (χ2v) is 8.14. The quantitative estimate of drug-likeness (QED) is 0.515. The number of nitrogens with zero attached hydrogens (tertiary/aromatic N) is 2. The minimum absolute atomic E-state index is 0.00688. The van der Waals surface area contributed by atoms with E-state index in [-0.39, 0.29) is 24.2 Å². The van der Waals surface area contributed by atoms with E-state index in [1.165, 1.54) is 35.3 Å². The highest BCUT2D eigenvalue weighted by molar-refractivity contribution is 7.14. The van der Waals surface area contributed by atoms with Crippen molar-refractivity contribution in [3.05, 3.63) is 77.1 Å². The first kappa shape index (κ1) is 20.2. The highest BCUT2D eigenvalue weighted by atomic mass is 32.1. The number of thiazole rings is 1. The SMILES string of the molecule is CC(=O)N(c1nc(COC(=O)C2(c3ccccc3)CCC2)cs1)c1ccccc1F. The third-order valence-corrected chi connectivity index (χ3v) is 6.29. The largest absolute Gasteiger partial charge is 0.458 e. The standard InChI is InChI=1S/C23H21FN2O3S/c1-16(27)26(20-11-6-5-10-19(20)24)22-25-18(15-30-22)14-29-21(28)23(12-7-13-23)17-8-3-2-4-9-17/h2-6,8-11,15H,7,12-14H2,1H3. The Morgan fingerprint density at radius 2 is 1.83 bits per heavy atom. The molecule has 0 atom stereocenters. The summed E-state index contributed by atoms with van der Waals surface area (Å²) < 4.78 is 19.8. The van der Waals surface area contributed by atoms with Crippen molar-refractivity contribution in [2.45, 2.75) is 38.2 Å². The molecule has 2 aromatic carbocycles. The van der Waals surface area contributed by atoms with E-state index in [9.17, 15) is 14.0 Å². The maximum Gasteiger partial charge on any atom is 0.316 e. The minimum atomic E-state index is -0.585. The number of hydrogen-bond acceptors (Lipinski definition) is 5. The molecule has 154 valence electrons. The Bertz CT molecular complexity index is 1060. The number of rotatable bonds is 6. The lowest BCUT2D eigenvalue weighted by atomic mass is 9.64. The zero-order valence-corrected chi connectivity index (χ0v) is 17.3. The topological polar surface area (TPSA) is 59.5 Å². The number of aromatic nitrogens is 1. The molecule has 1 aromatic heterocycles. The molecule has 30 heavy (non-hydrogen) atoms. The summed E-state index contributed by atoms with van der Waals surface area (Å²) in [4.78, 5) is 30.6. The Morgan fingerprint density at radius 1 is 1.13 bits per heavy atom. The maximum atomic E-state index is 14.2. The van der Waals surface area contributed by atoms with Crippen LogP contribution in [0.5, 0.6) is 0 Å².